The van der Waals surface area contributed by atoms with Crippen molar-refractivity contribution in [2.24, 2.45) is 0 Å². The van der Waals surface area contributed by atoms with Crippen molar-refractivity contribution < 1.29 is 9.59 Å². The van der Waals surface area contributed by atoms with Crippen LogP contribution in [0.4, 0.5) is 0 Å². The topological polar surface area (TPSA) is 70.2 Å². The molecule has 5 nitrogen and oxygen atoms in total. The minimum Gasteiger partial charge on any atom is -0.352 e. The average molecular weight is 310 g/mol. The second-order valence-electron chi connectivity index (χ2n) is 5.27. The molecule has 0 saturated carbocycles. The van der Waals surface area contributed by atoms with Crippen LogP contribution in [0.1, 0.15) is 31.4 Å². The molecule has 6 heteroatoms. The molecule has 1 fully saturated rings. The Kier molecular flexibility index (Phi) is 5.59. The third-order valence-corrected chi connectivity index (χ3v) is 3.72. The number of amides is 2. The number of rotatable bonds is 5. The summed E-state index contributed by atoms with van der Waals surface area (Å²) in [4.78, 5) is 23.5. The maximum absolute atomic E-state index is 12.1. The maximum atomic E-state index is 12.1. The van der Waals surface area contributed by atoms with Crippen molar-refractivity contribution in [2.75, 3.05) is 13.1 Å². The molecule has 0 radical (unpaired) electrons. The first-order chi connectivity index (χ1) is 10.0. The Morgan fingerprint density at radius 1 is 1.38 bits per heavy atom. The number of hydrogen-bond acceptors (Lipinski definition) is 3. The fraction of sp³-hybridized carbons (Fsp3) is 0.467. The van der Waals surface area contributed by atoms with Crippen molar-refractivity contribution in [3.05, 3.63) is 34.9 Å². The molecule has 0 aliphatic carbocycles. The minimum atomic E-state index is -0.339. The fourth-order valence-corrected chi connectivity index (χ4v) is 2.57. The smallest absolute Gasteiger partial charge is 0.222 e. The lowest BCUT2D eigenvalue weighted by Gasteiger charge is -2.19. The van der Waals surface area contributed by atoms with Gasteiger partial charge in [-0.3, -0.25) is 9.59 Å². The van der Waals surface area contributed by atoms with Gasteiger partial charge in [0.2, 0.25) is 11.8 Å². The van der Waals surface area contributed by atoms with E-state index in [2.05, 4.69) is 16.0 Å². The van der Waals surface area contributed by atoms with Gasteiger partial charge in [0.1, 0.15) is 0 Å². The molecule has 2 unspecified atom stereocenters. The largest absolute Gasteiger partial charge is 0.352 e. The van der Waals surface area contributed by atoms with E-state index in [0.717, 1.165) is 25.1 Å². The lowest BCUT2D eigenvalue weighted by molar-refractivity contribution is -0.123. The zero-order valence-electron chi connectivity index (χ0n) is 12.0. The molecule has 1 heterocycles. The van der Waals surface area contributed by atoms with E-state index in [1.54, 1.807) is 12.1 Å². The minimum absolute atomic E-state index is 0.0580. The number of hydrogen-bond donors (Lipinski definition) is 3. The Hall–Kier alpha value is -1.59. The molecule has 21 heavy (non-hydrogen) atoms. The van der Waals surface area contributed by atoms with Crippen LogP contribution >= 0.6 is 11.6 Å². The molecule has 0 spiro atoms. The molecule has 114 valence electrons. The first kappa shape index (κ1) is 15.8. The highest BCUT2D eigenvalue weighted by molar-refractivity contribution is 6.30. The summed E-state index contributed by atoms with van der Waals surface area (Å²) in [5.41, 5.74) is 0.870. The third kappa shape index (κ3) is 5.02. The van der Waals surface area contributed by atoms with E-state index < -0.39 is 0 Å². The van der Waals surface area contributed by atoms with Crippen LogP contribution in [0.3, 0.4) is 0 Å². The standard InChI is InChI=1S/C15H20ClN3O2/c1-10(20)18-14(11-2-4-12(16)5-3-11)8-15(21)19-13-6-7-17-9-13/h2-5,13-14,17H,6-9H2,1H3,(H,18,20)(H,19,21). The second kappa shape index (κ2) is 7.43. The Labute approximate surface area is 129 Å². The summed E-state index contributed by atoms with van der Waals surface area (Å²) >= 11 is 5.87. The molecule has 0 bridgehead atoms. The van der Waals surface area contributed by atoms with E-state index in [1.165, 1.54) is 6.92 Å². The van der Waals surface area contributed by atoms with Gasteiger partial charge in [0.15, 0.2) is 0 Å². The Bertz CT molecular complexity index is 498. The molecule has 1 saturated heterocycles. The van der Waals surface area contributed by atoms with Gasteiger partial charge in [0.05, 0.1) is 12.5 Å². The predicted octanol–water partition coefficient (Wildman–Crippen LogP) is 1.39. The van der Waals surface area contributed by atoms with Crippen LogP contribution in [0.25, 0.3) is 0 Å². The molecule has 1 aliphatic rings. The first-order valence-corrected chi connectivity index (χ1v) is 7.45. The van der Waals surface area contributed by atoms with E-state index in [1.807, 2.05) is 12.1 Å². The second-order valence-corrected chi connectivity index (χ2v) is 5.70. The number of halogens is 1. The van der Waals surface area contributed by atoms with E-state index >= 15 is 0 Å². The number of nitrogens with one attached hydrogen (secondary N) is 3. The van der Waals surface area contributed by atoms with Crippen molar-refractivity contribution in [2.45, 2.75) is 31.8 Å². The highest BCUT2D eigenvalue weighted by Crippen LogP contribution is 2.19. The van der Waals surface area contributed by atoms with Crippen LogP contribution in [0, 0.1) is 0 Å². The summed E-state index contributed by atoms with van der Waals surface area (Å²) < 4.78 is 0. The molecule has 2 atom stereocenters. The van der Waals surface area contributed by atoms with E-state index in [4.69, 9.17) is 11.6 Å². The maximum Gasteiger partial charge on any atom is 0.222 e. The summed E-state index contributed by atoms with van der Waals surface area (Å²) in [6.07, 6.45) is 1.16. The zero-order valence-corrected chi connectivity index (χ0v) is 12.7. The molecular weight excluding hydrogens is 290 g/mol. The molecule has 2 amide bonds. The van der Waals surface area contributed by atoms with Crippen LogP contribution < -0.4 is 16.0 Å². The fourth-order valence-electron chi connectivity index (χ4n) is 2.44. The first-order valence-electron chi connectivity index (χ1n) is 7.07. The van der Waals surface area contributed by atoms with Gasteiger partial charge in [-0.05, 0) is 30.7 Å². The molecule has 1 aromatic rings. The molecular formula is C15H20ClN3O2. The average Bonchev–Trinajstić information content (AvgIpc) is 2.91. The lowest BCUT2D eigenvalue weighted by Crippen LogP contribution is -2.39. The van der Waals surface area contributed by atoms with E-state index in [9.17, 15) is 9.59 Å². The van der Waals surface area contributed by atoms with E-state index in [-0.39, 0.29) is 30.3 Å². The summed E-state index contributed by atoms with van der Waals surface area (Å²) in [6, 6.07) is 7.00. The van der Waals surface area contributed by atoms with Crippen LogP contribution in [0.5, 0.6) is 0 Å². The highest BCUT2D eigenvalue weighted by atomic mass is 35.5. The SMILES string of the molecule is CC(=O)NC(CC(=O)NC1CCNC1)c1ccc(Cl)cc1. The van der Waals surface area contributed by atoms with Crippen molar-refractivity contribution >= 4 is 23.4 Å². The van der Waals surface area contributed by atoms with Gasteiger partial charge in [-0.15, -0.1) is 0 Å². The van der Waals surface area contributed by atoms with Gasteiger partial charge < -0.3 is 16.0 Å². The number of carbonyl (C=O) groups excluding carboxylic acids is 2. The number of carbonyl (C=O) groups is 2. The van der Waals surface area contributed by atoms with Crippen LogP contribution in [0.15, 0.2) is 24.3 Å². The van der Waals surface area contributed by atoms with Gasteiger partial charge in [-0.25, -0.2) is 0 Å². The number of benzene rings is 1. The van der Waals surface area contributed by atoms with Crippen LogP contribution in [0.2, 0.25) is 5.02 Å². The molecule has 3 N–H and O–H groups in total. The van der Waals surface area contributed by atoms with Gasteiger partial charge in [-0.1, -0.05) is 23.7 Å². The Morgan fingerprint density at radius 2 is 2.10 bits per heavy atom. The zero-order chi connectivity index (χ0) is 15.2. The van der Waals surface area contributed by atoms with Crippen molar-refractivity contribution in [1.29, 1.82) is 0 Å². The molecule has 0 aromatic heterocycles. The summed E-state index contributed by atoms with van der Waals surface area (Å²) in [6.45, 7) is 3.18. The quantitative estimate of drug-likeness (QED) is 0.770. The van der Waals surface area contributed by atoms with Crippen LogP contribution in [-0.4, -0.2) is 30.9 Å². The monoisotopic (exact) mass is 309 g/mol. The summed E-state index contributed by atoms with van der Waals surface area (Å²) in [5.74, 6) is -0.220. The van der Waals surface area contributed by atoms with E-state index in [0.29, 0.717) is 5.02 Å². The summed E-state index contributed by atoms with van der Waals surface area (Å²) in [7, 11) is 0. The van der Waals surface area contributed by atoms with Gasteiger partial charge in [0.25, 0.3) is 0 Å². The van der Waals surface area contributed by atoms with Crippen molar-refractivity contribution in [3.8, 4) is 0 Å². The lowest BCUT2D eigenvalue weighted by atomic mass is 10.0. The Balaban J connectivity index is 1.99. The molecule has 1 aliphatic heterocycles. The van der Waals surface area contributed by atoms with Crippen LogP contribution in [-0.2, 0) is 9.59 Å². The highest BCUT2D eigenvalue weighted by Gasteiger charge is 2.21. The summed E-state index contributed by atoms with van der Waals surface area (Å²) in [5, 5.41) is 9.63. The predicted molar refractivity (Wildman–Crippen MR) is 82.0 cm³/mol. The molecule has 2 rings (SSSR count). The molecule has 1 aromatic carbocycles. The normalized spacial score (nSPS) is 19.0. The van der Waals surface area contributed by atoms with Crippen molar-refractivity contribution in [3.63, 3.8) is 0 Å². The third-order valence-electron chi connectivity index (χ3n) is 3.46. The Morgan fingerprint density at radius 3 is 2.67 bits per heavy atom. The van der Waals surface area contributed by atoms with Gasteiger partial charge in [-0.2, -0.15) is 0 Å². The van der Waals surface area contributed by atoms with Crippen molar-refractivity contribution in [1.82, 2.24) is 16.0 Å². The van der Waals surface area contributed by atoms with Gasteiger partial charge in [0, 0.05) is 24.5 Å². The van der Waals surface area contributed by atoms with Gasteiger partial charge >= 0.3 is 0 Å².